The van der Waals surface area contributed by atoms with Crippen molar-refractivity contribution in [3.63, 3.8) is 0 Å². The van der Waals surface area contributed by atoms with Crippen molar-refractivity contribution < 1.29 is 26.2 Å². The summed E-state index contributed by atoms with van der Waals surface area (Å²) in [4.78, 5) is 0. The van der Waals surface area contributed by atoms with E-state index in [0.29, 0.717) is 0 Å². The molecule has 0 radical (unpaired) electrons. The van der Waals surface area contributed by atoms with Gasteiger partial charge in [0.15, 0.2) is 0 Å². The standard InChI is InChI=1S/C14H29.Zr/c1-3-5-7-9-11-13-14-12-10-8-6-4-2;/h1,3-14H2,2H3;/q-1;. The smallest absolute Gasteiger partial charge is 0 e. The molecule has 0 unspecified atom stereocenters. The van der Waals surface area contributed by atoms with Crippen LogP contribution in [0, 0.1) is 6.92 Å². The maximum absolute atomic E-state index is 3.86. The summed E-state index contributed by atoms with van der Waals surface area (Å²) in [5, 5.41) is 0. The minimum Gasteiger partial charge on any atom is -0.343 e. The van der Waals surface area contributed by atoms with Crippen LogP contribution in [0.3, 0.4) is 0 Å². The first-order valence-electron chi connectivity index (χ1n) is 6.71. The van der Waals surface area contributed by atoms with Crippen molar-refractivity contribution in [1.82, 2.24) is 0 Å². The predicted molar refractivity (Wildman–Crippen MR) is 66.4 cm³/mol. The van der Waals surface area contributed by atoms with E-state index in [2.05, 4.69) is 13.8 Å². The first-order chi connectivity index (χ1) is 6.91. The van der Waals surface area contributed by atoms with Crippen LogP contribution in [-0.4, -0.2) is 0 Å². The molecule has 0 aliphatic rings. The van der Waals surface area contributed by atoms with Crippen molar-refractivity contribution in [3.8, 4) is 0 Å². The first kappa shape index (κ1) is 18.3. The van der Waals surface area contributed by atoms with Crippen LogP contribution in [0.1, 0.15) is 84.0 Å². The average molecular weight is 289 g/mol. The Bertz CT molecular complexity index is 79.3. The summed E-state index contributed by atoms with van der Waals surface area (Å²) in [6.45, 7) is 6.14. The zero-order valence-corrected chi connectivity index (χ0v) is 13.2. The molecular formula is C14H29Zr-. The van der Waals surface area contributed by atoms with Gasteiger partial charge in [-0.3, -0.25) is 0 Å². The molecule has 0 saturated carbocycles. The monoisotopic (exact) mass is 287 g/mol. The second-order valence-corrected chi connectivity index (χ2v) is 4.39. The third-order valence-corrected chi connectivity index (χ3v) is 2.85. The Morgan fingerprint density at radius 3 is 1.27 bits per heavy atom. The van der Waals surface area contributed by atoms with Crippen LogP contribution in [-0.2, 0) is 26.2 Å². The van der Waals surface area contributed by atoms with Crippen LogP contribution in [0.5, 0.6) is 0 Å². The summed E-state index contributed by atoms with van der Waals surface area (Å²) in [5.74, 6) is 0. The van der Waals surface area contributed by atoms with Gasteiger partial charge in [0, 0.05) is 26.2 Å². The van der Waals surface area contributed by atoms with Crippen molar-refractivity contribution in [2.45, 2.75) is 84.0 Å². The molecule has 0 aromatic carbocycles. The van der Waals surface area contributed by atoms with E-state index < -0.39 is 0 Å². The molecule has 15 heavy (non-hydrogen) atoms. The molecule has 0 heterocycles. The van der Waals surface area contributed by atoms with Crippen LogP contribution in [0.4, 0.5) is 0 Å². The van der Waals surface area contributed by atoms with Gasteiger partial charge in [-0.15, -0.1) is 0 Å². The van der Waals surface area contributed by atoms with Gasteiger partial charge >= 0.3 is 0 Å². The van der Waals surface area contributed by atoms with E-state index in [9.17, 15) is 0 Å². The van der Waals surface area contributed by atoms with Crippen LogP contribution in [0.15, 0.2) is 0 Å². The minimum absolute atomic E-state index is 0. The van der Waals surface area contributed by atoms with Crippen molar-refractivity contribution in [1.29, 1.82) is 0 Å². The summed E-state index contributed by atoms with van der Waals surface area (Å²) in [6.07, 6.45) is 16.9. The summed E-state index contributed by atoms with van der Waals surface area (Å²) in [7, 11) is 0. The van der Waals surface area contributed by atoms with Gasteiger partial charge in [-0.05, 0) is 0 Å². The van der Waals surface area contributed by atoms with Gasteiger partial charge in [0.1, 0.15) is 0 Å². The molecule has 0 bridgehead atoms. The first-order valence-corrected chi connectivity index (χ1v) is 6.71. The van der Waals surface area contributed by atoms with Gasteiger partial charge in [0.25, 0.3) is 0 Å². The second-order valence-electron chi connectivity index (χ2n) is 4.39. The SMILES string of the molecule is [CH2-]CCCCCCCCCCCCC.[Zr]. The average Bonchev–Trinajstić information content (AvgIpc) is 2.21. The number of hydrogen-bond donors (Lipinski definition) is 0. The predicted octanol–water partition coefficient (Wildman–Crippen LogP) is 5.52. The zero-order chi connectivity index (χ0) is 10.5. The van der Waals surface area contributed by atoms with E-state index >= 15 is 0 Å². The van der Waals surface area contributed by atoms with E-state index in [1.54, 1.807) is 0 Å². The normalized spacial score (nSPS) is 10.0. The Morgan fingerprint density at radius 1 is 0.600 bits per heavy atom. The summed E-state index contributed by atoms with van der Waals surface area (Å²) < 4.78 is 0. The summed E-state index contributed by atoms with van der Waals surface area (Å²) in [6, 6.07) is 0. The molecule has 0 rings (SSSR count). The van der Waals surface area contributed by atoms with Crippen LogP contribution < -0.4 is 0 Å². The summed E-state index contributed by atoms with van der Waals surface area (Å²) in [5.41, 5.74) is 0. The van der Waals surface area contributed by atoms with E-state index in [4.69, 9.17) is 0 Å². The maximum atomic E-state index is 3.86. The van der Waals surface area contributed by atoms with Crippen LogP contribution >= 0.6 is 0 Å². The number of hydrogen-bond acceptors (Lipinski definition) is 0. The molecule has 0 aliphatic carbocycles. The third kappa shape index (κ3) is 17.5. The zero-order valence-electron chi connectivity index (χ0n) is 10.7. The Kier molecular flexibility index (Phi) is 21.0. The molecule has 0 nitrogen and oxygen atoms in total. The Hall–Kier alpha value is 0.883. The van der Waals surface area contributed by atoms with Crippen molar-refractivity contribution in [3.05, 3.63) is 6.92 Å². The minimum atomic E-state index is 0. The van der Waals surface area contributed by atoms with E-state index in [1.165, 1.54) is 70.6 Å². The Morgan fingerprint density at radius 2 is 0.933 bits per heavy atom. The Balaban J connectivity index is 0. The molecular weight excluding hydrogens is 259 g/mol. The maximum Gasteiger partial charge on any atom is 0 e. The topological polar surface area (TPSA) is 0 Å². The molecule has 0 atom stereocenters. The molecule has 0 N–H and O–H groups in total. The molecule has 0 aromatic rings. The van der Waals surface area contributed by atoms with E-state index in [1.807, 2.05) is 0 Å². The Labute approximate surface area is 117 Å². The van der Waals surface area contributed by atoms with Crippen molar-refractivity contribution in [2.75, 3.05) is 0 Å². The molecule has 0 amide bonds. The summed E-state index contributed by atoms with van der Waals surface area (Å²) >= 11 is 0. The van der Waals surface area contributed by atoms with Gasteiger partial charge in [0.05, 0.1) is 0 Å². The fourth-order valence-corrected chi connectivity index (χ4v) is 1.84. The van der Waals surface area contributed by atoms with Gasteiger partial charge in [-0.2, -0.15) is 6.42 Å². The van der Waals surface area contributed by atoms with Gasteiger partial charge in [0.2, 0.25) is 0 Å². The van der Waals surface area contributed by atoms with Crippen molar-refractivity contribution in [2.24, 2.45) is 0 Å². The number of unbranched alkanes of at least 4 members (excludes halogenated alkanes) is 11. The fraction of sp³-hybridized carbons (Fsp3) is 0.929. The number of rotatable bonds is 11. The molecule has 0 aliphatic heterocycles. The van der Waals surface area contributed by atoms with E-state index in [0.717, 1.165) is 6.42 Å². The van der Waals surface area contributed by atoms with E-state index in [-0.39, 0.29) is 26.2 Å². The molecule has 0 fully saturated rings. The third-order valence-electron chi connectivity index (χ3n) is 2.85. The molecule has 0 aromatic heterocycles. The molecule has 0 spiro atoms. The fourth-order valence-electron chi connectivity index (χ4n) is 1.84. The largest absolute Gasteiger partial charge is 0.343 e. The van der Waals surface area contributed by atoms with Gasteiger partial charge in [-0.25, -0.2) is 0 Å². The second kappa shape index (κ2) is 17.3. The van der Waals surface area contributed by atoms with Gasteiger partial charge < -0.3 is 6.92 Å². The van der Waals surface area contributed by atoms with Gasteiger partial charge in [-0.1, -0.05) is 77.6 Å². The quantitative estimate of drug-likeness (QED) is 0.347. The van der Waals surface area contributed by atoms with Crippen molar-refractivity contribution >= 4 is 0 Å². The van der Waals surface area contributed by atoms with Crippen LogP contribution in [0.25, 0.3) is 0 Å². The van der Waals surface area contributed by atoms with Crippen LogP contribution in [0.2, 0.25) is 0 Å². The molecule has 1 heteroatoms. The molecule has 90 valence electrons. The molecule has 0 saturated heterocycles.